The van der Waals surface area contributed by atoms with Crippen molar-refractivity contribution in [2.45, 2.75) is 18.2 Å². The summed E-state index contributed by atoms with van der Waals surface area (Å²) in [5.41, 5.74) is 0. The summed E-state index contributed by atoms with van der Waals surface area (Å²) in [6, 6.07) is 0. The summed E-state index contributed by atoms with van der Waals surface area (Å²) in [6.07, 6.45) is 4.08. The van der Waals surface area contributed by atoms with Crippen LogP contribution in [0.1, 0.15) is 12.8 Å². The first-order valence-electron chi connectivity index (χ1n) is 3.39. The number of sulfone groups is 1. The van der Waals surface area contributed by atoms with Crippen LogP contribution in [-0.4, -0.2) is 37.9 Å². The van der Waals surface area contributed by atoms with Crippen molar-refractivity contribution in [3.05, 3.63) is 0 Å². The molecule has 0 saturated carbocycles. The van der Waals surface area contributed by atoms with Crippen molar-refractivity contribution in [2.75, 3.05) is 12.8 Å². The molecule has 0 aromatic carbocycles. The molecule has 0 bridgehead atoms. The van der Waals surface area contributed by atoms with Gasteiger partial charge in [-0.15, -0.1) is 0 Å². The Morgan fingerprint density at radius 3 is 2.55 bits per heavy atom. The third-order valence-electron chi connectivity index (χ3n) is 1.81. The molecule has 0 N–H and O–H groups in total. The molecule has 1 amide bonds. The van der Waals surface area contributed by atoms with E-state index in [1.807, 2.05) is 0 Å². The van der Waals surface area contributed by atoms with Crippen molar-refractivity contribution in [1.29, 1.82) is 0 Å². The molecule has 1 radical (unpaired) electrons. The number of hydrogen-bond acceptors (Lipinski definition) is 3. The maximum absolute atomic E-state index is 11.0. The lowest BCUT2D eigenvalue weighted by Crippen LogP contribution is -2.34. The molecule has 1 atom stereocenters. The van der Waals surface area contributed by atoms with Crippen LogP contribution in [0.5, 0.6) is 0 Å². The van der Waals surface area contributed by atoms with Crippen LogP contribution in [0.3, 0.4) is 0 Å². The average molecular weight is 176 g/mol. The highest BCUT2D eigenvalue weighted by molar-refractivity contribution is 7.91. The highest BCUT2D eigenvalue weighted by atomic mass is 32.2. The zero-order valence-electron chi connectivity index (χ0n) is 6.28. The fourth-order valence-electron chi connectivity index (χ4n) is 1.29. The standard InChI is InChI=1S/C6H10NO3S/c1-11(9,10)6-3-2-4-7(6)5-8/h6H,2-4H2,1H3. The Morgan fingerprint density at radius 2 is 2.18 bits per heavy atom. The molecule has 0 aromatic rings. The van der Waals surface area contributed by atoms with E-state index in [0.29, 0.717) is 13.0 Å². The summed E-state index contributed by atoms with van der Waals surface area (Å²) in [5.74, 6) is 0. The summed E-state index contributed by atoms with van der Waals surface area (Å²) >= 11 is 0. The monoisotopic (exact) mass is 176 g/mol. The van der Waals surface area contributed by atoms with Crippen LogP contribution in [0.4, 0.5) is 0 Å². The fourth-order valence-corrected chi connectivity index (χ4v) is 2.49. The van der Waals surface area contributed by atoms with Crippen LogP contribution in [0.25, 0.3) is 0 Å². The van der Waals surface area contributed by atoms with Gasteiger partial charge in [0.25, 0.3) is 0 Å². The maximum atomic E-state index is 11.0. The lowest BCUT2D eigenvalue weighted by atomic mass is 10.4. The number of nitrogens with zero attached hydrogens (tertiary/aromatic N) is 1. The van der Waals surface area contributed by atoms with E-state index in [-0.39, 0.29) is 0 Å². The zero-order valence-corrected chi connectivity index (χ0v) is 7.10. The van der Waals surface area contributed by atoms with Crippen molar-refractivity contribution in [3.63, 3.8) is 0 Å². The minimum atomic E-state index is -3.10. The van der Waals surface area contributed by atoms with Crippen LogP contribution in [-0.2, 0) is 14.6 Å². The van der Waals surface area contributed by atoms with Gasteiger partial charge in [-0.3, -0.25) is 4.79 Å². The molecule has 1 fully saturated rings. The van der Waals surface area contributed by atoms with E-state index in [0.717, 1.165) is 12.7 Å². The van der Waals surface area contributed by atoms with Crippen LogP contribution >= 0.6 is 0 Å². The maximum Gasteiger partial charge on any atom is 0.313 e. The summed E-state index contributed by atoms with van der Waals surface area (Å²) in [5, 5.41) is -0.625. The third-order valence-corrected chi connectivity index (χ3v) is 3.29. The summed E-state index contributed by atoms with van der Waals surface area (Å²) in [6.45, 7) is 0.515. The van der Waals surface area contributed by atoms with Crippen LogP contribution < -0.4 is 0 Å². The van der Waals surface area contributed by atoms with Gasteiger partial charge >= 0.3 is 6.41 Å². The van der Waals surface area contributed by atoms with Gasteiger partial charge < -0.3 is 4.90 Å². The Kier molecular flexibility index (Phi) is 2.17. The Morgan fingerprint density at radius 1 is 1.55 bits per heavy atom. The number of likely N-dealkylation sites (tertiary alicyclic amines) is 1. The average Bonchev–Trinajstić information content (AvgIpc) is 2.31. The zero-order chi connectivity index (χ0) is 8.48. The summed E-state index contributed by atoms with van der Waals surface area (Å²) in [7, 11) is -3.10. The molecule has 0 aliphatic carbocycles. The van der Waals surface area contributed by atoms with E-state index >= 15 is 0 Å². The lowest BCUT2D eigenvalue weighted by molar-refractivity contribution is 0.409. The molecule has 1 rings (SSSR count). The number of hydrogen-bond donors (Lipinski definition) is 0. The van der Waals surface area contributed by atoms with Crippen molar-refractivity contribution >= 4 is 16.2 Å². The van der Waals surface area contributed by atoms with E-state index in [1.165, 1.54) is 4.90 Å². The Labute approximate surface area is 66.1 Å². The van der Waals surface area contributed by atoms with E-state index in [2.05, 4.69) is 0 Å². The Bertz CT molecular complexity index is 247. The van der Waals surface area contributed by atoms with Gasteiger partial charge in [-0.05, 0) is 12.8 Å². The van der Waals surface area contributed by atoms with Gasteiger partial charge in [0.1, 0.15) is 5.37 Å². The molecular weight excluding hydrogens is 166 g/mol. The number of carbonyl (C=O) groups excluding carboxylic acids is 1. The van der Waals surface area contributed by atoms with Gasteiger partial charge in [0.05, 0.1) is 0 Å². The first kappa shape index (κ1) is 8.52. The van der Waals surface area contributed by atoms with Crippen molar-refractivity contribution in [1.82, 2.24) is 4.90 Å². The summed E-state index contributed by atoms with van der Waals surface area (Å²) < 4.78 is 22.0. The highest BCUT2D eigenvalue weighted by Crippen LogP contribution is 2.19. The van der Waals surface area contributed by atoms with Crippen LogP contribution in [0, 0.1) is 0 Å². The molecule has 1 heterocycles. The SMILES string of the molecule is CS(=O)(=O)C1CCCN1[C]=O. The molecule has 4 nitrogen and oxygen atoms in total. The van der Waals surface area contributed by atoms with Gasteiger partial charge in [0.2, 0.25) is 0 Å². The molecule has 1 aliphatic heterocycles. The summed E-state index contributed by atoms with van der Waals surface area (Å²) in [4.78, 5) is 11.4. The van der Waals surface area contributed by atoms with Crippen LogP contribution in [0.15, 0.2) is 0 Å². The van der Waals surface area contributed by atoms with Gasteiger partial charge in [-0.2, -0.15) is 0 Å². The minimum absolute atomic E-state index is 0.515. The highest BCUT2D eigenvalue weighted by Gasteiger charge is 2.31. The Hall–Kier alpha value is -0.580. The Balaban J connectivity index is 2.80. The predicted octanol–water partition coefficient (Wildman–Crippen LogP) is -0.480. The van der Waals surface area contributed by atoms with Crippen molar-refractivity contribution in [2.24, 2.45) is 0 Å². The number of amides is 1. The van der Waals surface area contributed by atoms with Crippen molar-refractivity contribution in [3.8, 4) is 0 Å². The van der Waals surface area contributed by atoms with E-state index in [1.54, 1.807) is 6.41 Å². The van der Waals surface area contributed by atoms with Gasteiger partial charge in [0.15, 0.2) is 9.84 Å². The molecule has 5 heteroatoms. The predicted molar refractivity (Wildman–Crippen MR) is 40.3 cm³/mol. The normalized spacial score (nSPS) is 25.5. The van der Waals surface area contributed by atoms with E-state index in [4.69, 9.17) is 0 Å². The van der Waals surface area contributed by atoms with Gasteiger partial charge in [-0.25, -0.2) is 8.42 Å². The molecule has 1 aliphatic rings. The smallest absolute Gasteiger partial charge is 0.313 e. The molecular formula is C6H10NO3S. The molecule has 0 aromatic heterocycles. The fraction of sp³-hybridized carbons (Fsp3) is 0.833. The largest absolute Gasteiger partial charge is 0.317 e. The third kappa shape index (κ3) is 1.71. The van der Waals surface area contributed by atoms with Crippen molar-refractivity contribution < 1.29 is 13.2 Å². The quantitative estimate of drug-likeness (QED) is 0.571. The second kappa shape index (κ2) is 2.81. The van der Waals surface area contributed by atoms with Crippen LogP contribution in [0.2, 0.25) is 0 Å². The molecule has 1 saturated heterocycles. The first-order valence-corrected chi connectivity index (χ1v) is 5.34. The molecule has 11 heavy (non-hydrogen) atoms. The second-order valence-corrected chi connectivity index (χ2v) is 4.91. The van der Waals surface area contributed by atoms with E-state index in [9.17, 15) is 13.2 Å². The lowest BCUT2D eigenvalue weighted by Gasteiger charge is -2.15. The molecule has 0 spiro atoms. The topological polar surface area (TPSA) is 54.5 Å². The van der Waals surface area contributed by atoms with Gasteiger partial charge in [0, 0.05) is 12.8 Å². The van der Waals surface area contributed by atoms with Gasteiger partial charge in [-0.1, -0.05) is 0 Å². The molecule has 1 unspecified atom stereocenters. The number of rotatable bonds is 2. The minimum Gasteiger partial charge on any atom is -0.317 e. The molecule has 63 valence electrons. The van der Waals surface area contributed by atoms with E-state index < -0.39 is 15.2 Å². The first-order chi connectivity index (χ1) is 5.05. The second-order valence-electron chi connectivity index (χ2n) is 2.71.